The number of fused-ring (bicyclic) bond motifs is 7. The van der Waals surface area contributed by atoms with Crippen molar-refractivity contribution in [1.82, 2.24) is 14.8 Å². The SMILES string of the molecule is CCCN1CC2C(CC[C@@]3(C)C2CC[C@@H]3C(=O)Nc2cc(C(C)(C)C)ccc2C(C)(C)C)[C@@]2(C)CCC(=O)C=C12.COc1c(N2C[C@@H]3CCCN[C@@H]3C2)c(F)cc2c(=O)c(C(=O)O)cn(C3CC3)c12. The van der Waals surface area contributed by atoms with Crippen LogP contribution in [0.1, 0.15) is 160 Å². The van der Waals surface area contributed by atoms with E-state index in [0.717, 1.165) is 96.1 Å². The number of ketones is 1. The fraction of sp³-hybridized carbons (Fsp3) is 0.649. The van der Waals surface area contributed by atoms with E-state index in [1.807, 2.05) is 11.0 Å². The topological polar surface area (TPSA) is 133 Å². The number of carboxylic acid groups (broad SMARTS) is 1. The van der Waals surface area contributed by atoms with E-state index < -0.39 is 17.2 Å². The maximum absolute atomic E-state index is 15.3. The third-order valence-corrected chi connectivity index (χ3v) is 18.1. The number of likely N-dealkylation sites (tertiary alicyclic amines) is 1. The molecule has 374 valence electrons. The molecular formula is C57H78FN5O6. The predicted molar refractivity (Wildman–Crippen MR) is 272 cm³/mol. The lowest BCUT2D eigenvalue weighted by atomic mass is 9.49. The Kier molecular flexibility index (Phi) is 13.0. The van der Waals surface area contributed by atoms with Crippen LogP contribution in [0.3, 0.4) is 0 Å². The average Bonchev–Trinajstić information content (AvgIpc) is 3.94. The second-order valence-corrected chi connectivity index (χ2v) is 24.5. The van der Waals surface area contributed by atoms with Gasteiger partial charge in [0.25, 0.3) is 0 Å². The van der Waals surface area contributed by atoms with E-state index in [1.54, 1.807) is 4.57 Å². The molecule has 3 aromatic rings. The van der Waals surface area contributed by atoms with E-state index in [1.165, 1.54) is 36.2 Å². The molecule has 3 unspecified atom stereocenters. The minimum Gasteiger partial charge on any atom is -0.492 e. The molecule has 3 saturated carbocycles. The zero-order valence-electron chi connectivity index (χ0n) is 43.0. The van der Waals surface area contributed by atoms with Gasteiger partial charge >= 0.3 is 5.97 Å². The maximum Gasteiger partial charge on any atom is 0.341 e. The number of amides is 1. The first kappa shape index (κ1) is 49.3. The van der Waals surface area contributed by atoms with Crippen LogP contribution >= 0.6 is 0 Å². The third-order valence-electron chi connectivity index (χ3n) is 18.1. The number of carbonyl (C=O) groups is 3. The van der Waals surface area contributed by atoms with Crippen LogP contribution in [0.25, 0.3) is 10.9 Å². The number of hydrogen-bond acceptors (Lipinski definition) is 8. The Morgan fingerprint density at radius 2 is 1.70 bits per heavy atom. The summed E-state index contributed by atoms with van der Waals surface area (Å²) in [7, 11) is 1.48. The number of methoxy groups -OCH3 is 1. The number of carbonyl (C=O) groups excluding carboxylic acids is 2. The zero-order chi connectivity index (χ0) is 49.5. The van der Waals surface area contributed by atoms with Gasteiger partial charge in [0.05, 0.1) is 18.0 Å². The summed E-state index contributed by atoms with van der Waals surface area (Å²) in [6.45, 7) is 25.0. The molecule has 11 nitrogen and oxygen atoms in total. The van der Waals surface area contributed by atoms with Gasteiger partial charge in [-0.25, -0.2) is 9.18 Å². The summed E-state index contributed by atoms with van der Waals surface area (Å²) in [4.78, 5) is 55.6. The summed E-state index contributed by atoms with van der Waals surface area (Å²) in [5.41, 5.74) is 4.70. The summed E-state index contributed by atoms with van der Waals surface area (Å²) in [5.74, 6) is 1.25. The highest BCUT2D eigenvalue weighted by molar-refractivity contribution is 5.97. The van der Waals surface area contributed by atoms with Crippen molar-refractivity contribution in [2.45, 2.75) is 156 Å². The van der Waals surface area contributed by atoms with Crippen LogP contribution in [-0.2, 0) is 20.4 Å². The number of benzene rings is 2. The summed E-state index contributed by atoms with van der Waals surface area (Å²) in [5, 5.41) is 16.5. The van der Waals surface area contributed by atoms with Gasteiger partial charge in [-0.1, -0.05) is 74.4 Å². The molecule has 0 bridgehead atoms. The molecule has 3 saturated heterocycles. The highest BCUT2D eigenvalue weighted by Gasteiger charge is 2.61. The van der Waals surface area contributed by atoms with Gasteiger partial charge in [0.1, 0.15) is 11.3 Å². The van der Waals surface area contributed by atoms with Gasteiger partial charge in [-0.05, 0) is 134 Å². The lowest BCUT2D eigenvalue weighted by Gasteiger charge is -2.60. The van der Waals surface area contributed by atoms with Crippen molar-refractivity contribution in [1.29, 1.82) is 0 Å². The molecule has 0 radical (unpaired) electrons. The van der Waals surface area contributed by atoms with E-state index >= 15 is 4.39 Å². The zero-order valence-corrected chi connectivity index (χ0v) is 43.0. The molecule has 7 aliphatic rings. The van der Waals surface area contributed by atoms with Gasteiger partial charge in [0.15, 0.2) is 17.3 Å². The molecule has 6 fully saturated rings. The molecule has 4 heterocycles. The first-order valence-corrected chi connectivity index (χ1v) is 26.2. The van der Waals surface area contributed by atoms with Crippen molar-refractivity contribution in [3.05, 3.63) is 75.0 Å². The number of aromatic nitrogens is 1. The van der Waals surface area contributed by atoms with E-state index in [2.05, 4.69) is 96.0 Å². The Hall–Kier alpha value is -4.71. The molecule has 8 atom stereocenters. The molecule has 69 heavy (non-hydrogen) atoms. The van der Waals surface area contributed by atoms with Gasteiger partial charge in [-0.3, -0.25) is 14.4 Å². The van der Waals surface area contributed by atoms with Crippen molar-refractivity contribution in [2.24, 2.45) is 40.4 Å². The molecular weight excluding hydrogens is 870 g/mol. The Labute approximate surface area is 409 Å². The highest BCUT2D eigenvalue weighted by Crippen LogP contribution is 2.65. The molecule has 4 aliphatic carbocycles. The largest absolute Gasteiger partial charge is 0.492 e. The molecule has 3 aliphatic heterocycles. The van der Waals surface area contributed by atoms with Crippen molar-refractivity contribution >= 4 is 39.9 Å². The van der Waals surface area contributed by atoms with E-state index in [9.17, 15) is 24.3 Å². The standard InChI is InChI=1S/C36H54N2O2.C21H24FN3O4/c1-10-19-38-22-25-26-13-14-29(35(26,8)18-16-27(25)36(9)17-15-24(39)21-31(36)38)32(40)37-30-20-23(33(2,3)4)11-12-28(30)34(5,6)7;1-29-20-17-13(19(26)14(21(27)28)9-25(17)12-4-5-12)7-15(22)18(20)24-8-11-3-2-6-23-16(11)10-24/h11-12,20-21,25-27,29H,10,13-19,22H2,1-9H3,(H,37,40);7,9,11-12,16,23H,2-6,8,10H2,1H3,(H,27,28)/t25?,26?,27?,29-,35+,36-;11-,16+/m10/s1. The quantitative estimate of drug-likeness (QED) is 0.202. The molecule has 1 aromatic heterocycles. The highest BCUT2D eigenvalue weighted by atomic mass is 19.1. The van der Waals surface area contributed by atoms with E-state index in [4.69, 9.17) is 4.74 Å². The van der Waals surface area contributed by atoms with Gasteiger partial charge in [0.2, 0.25) is 11.3 Å². The van der Waals surface area contributed by atoms with Crippen LogP contribution in [-0.4, -0.2) is 78.1 Å². The number of allylic oxidation sites excluding steroid dienone is 2. The minimum atomic E-state index is -1.30. The van der Waals surface area contributed by atoms with Gasteiger partial charge < -0.3 is 34.8 Å². The second kappa shape index (κ2) is 18.2. The van der Waals surface area contributed by atoms with E-state index in [0.29, 0.717) is 65.4 Å². The Bertz CT molecular complexity index is 2610. The first-order valence-electron chi connectivity index (χ1n) is 26.2. The van der Waals surface area contributed by atoms with Crippen LogP contribution < -0.4 is 25.7 Å². The number of carboxylic acids is 1. The van der Waals surface area contributed by atoms with Crippen molar-refractivity contribution in [3.8, 4) is 5.75 Å². The maximum atomic E-state index is 15.3. The van der Waals surface area contributed by atoms with Crippen LogP contribution in [0.5, 0.6) is 5.75 Å². The fourth-order valence-corrected chi connectivity index (χ4v) is 14.3. The third kappa shape index (κ3) is 8.81. The number of rotatable bonds is 8. The smallest absolute Gasteiger partial charge is 0.341 e. The summed E-state index contributed by atoms with van der Waals surface area (Å²) in [6, 6.07) is 8.31. The summed E-state index contributed by atoms with van der Waals surface area (Å²) in [6.07, 6.45) is 14.5. The van der Waals surface area contributed by atoms with Crippen molar-refractivity contribution in [3.63, 3.8) is 0 Å². The average molecular weight is 948 g/mol. The Morgan fingerprint density at radius 1 is 0.942 bits per heavy atom. The molecule has 2 aromatic carbocycles. The Morgan fingerprint density at radius 3 is 2.35 bits per heavy atom. The normalized spacial score (nSPS) is 29.8. The van der Waals surface area contributed by atoms with Gasteiger partial charge in [0, 0.05) is 79.7 Å². The lowest BCUT2D eigenvalue weighted by Crippen LogP contribution is -2.58. The van der Waals surface area contributed by atoms with Gasteiger partial charge in [-0.2, -0.15) is 0 Å². The number of pyridine rings is 1. The molecule has 1 amide bonds. The van der Waals surface area contributed by atoms with Crippen LogP contribution in [0.2, 0.25) is 0 Å². The number of ether oxygens (including phenoxy) is 1. The lowest BCUT2D eigenvalue weighted by molar-refractivity contribution is -0.129. The first-order chi connectivity index (χ1) is 32.6. The number of piperidine rings is 2. The van der Waals surface area contributed by atoms with Crippen molar-refractivity contribution in [2.75, 3.05) is 50.1 Å². The number of anilines is 2. The predicted octanol–water partition coefficient (Wildman–Crippen LogP) is 10.6. The number of nitrogens with zero attached hydrogens (tertiary/aromatic N) is 3. The molecule has 0 spiro atoms. The van der Waals surface area contributed by atoms with E-state index in [-0.39, 0.29) is 50.5 Å². The van der Waals surface area contributed by atoms with Crippen LogP contribution in [0.4, 0.5) is 15.8 Å². The number of aromatic carboxylic acids is 1. The molecule has 12 heteroatoms. The molecule has 10 rings (SSSR count). The minimum absolute atomic E-state index is 0.0226. The Balaban J connectivity index is 0.000000180. The molecule has 3 N–H and O–H groups in total. The van der Waals surface area contributed by atoms with Gasteiger partial charge in [-0.15, -0.1) is 0 Å². The summed E-state index contributed by atoms with van der Waals surface area (Å²) >= 11 is 0. The van der Waals surface area contributed by atoms with Crippen LogP contribution in [0.15, 0.2) is 47.0 Å². The fourth-order valence-electron chi connectivity index (χ4n) is 14.3. The second-order valence-electron chi connectivity index (χ2n) is 24.5. The number of hydrogen-bond donors (Lipinski definition) is 3. The van der Waals surface area contributed by atoms with Crippen molar-refractivity contribution < 1.29 is 28.6 Å². The van der Waals surface area contributed by atoms with Crippen LogP contribution in [0, 0.1) is 46.2 Å². The summed E-state index contributed by atoms with van der Waals surface area (Å²) < 4.78 is 22.8. The monoisotopic (exact) mass is 948 g/mol. The number of halogens is 1. The number of nitrogens with one attached hydrogen (secondary N) is 2.